The number of nitrogens with zero attached hydrogens (tertiary/aromatic N) is 4. The molecule has 0 bridgehead atoms. The average Bonchev–Trinajstić information content (AvgIpc) is 3.49. The lowest BCUT2D eigenvalue weighted by atomic mass is 9.85. The van der Waals surface area contributed by atoms with Gasteiger partial charge in [0, 0.05) is 30.2 Å². The molecule has 0 saturated carbocycles. The van der Waals surface area contributed by atoms with E-state index in [9.17, 15) is 14.4 Å². The fourth-order valence-corrected chi connectivity index (χ4v) is 6.86. The summed E-state index contributed by atoms with van der Waals surface area (Å²) in [4.78, 5) is 45.9. The topological polar surface area (TPSA) is 106 Å². The predicted molar refractivity (Wildman–Crippen MR) is 148 cm³/mol. The third-order valence-electron chi connectivity index (χ3n) is 6.58. The van der Waals surface area contributed by atoms with Gasteiger partial charge in [0.15, 0.2) is 5.17 Å². The molecule has 0 fully saturated rings. The number of carbonyl (C=O) groups is 3. The van der Waals surface area contributed by atoms with Crippen LogP contribution in [0.4, 0.5) is 5.00 Å². The van der Waals surface area contributed by atoms with Gasteiger partial charge in [0.1, 0.15) is 10.7 Å². The Labute approximate surface area is 225 Å². The number of nitrogens with one attached hydrogen (secondary N) is 1. The zero-order valence-electron chi connectivity index (χ0n) is 21.9. The molecule has 1 atom stereocenters. The highest BCUT2D eigenvalue weighted by Gasteiger charge is 2.32. The number of hydrogen-bond acceptors (Lipinski definition) is 8. The summed E-state index contributed by atoms with van der Waals surface area (Å²) in [6.45, 7) is 8.43. The fourth-order valence-electron chi connectivity index (χ4n) is 4.63. The van der Waals surface area contributed by atoms with Crippen LogP contribution in [-0.4, -0.2) is 56.5 Å². The molecule has 0 radical (unpaired) electrons. The number of aliphatic imine (C=N–C) groups is 1. The maximum atomic E-state index is 13.0. The molecule has 2 aliphatic rings. The van der Waals surface area contributed by atoms with Crippen molar-refractivity contribution in [2.75, 3.05) is 24.2 Å². The van der Waals surface area contributed by atoms with Gasteiger partial charge in [-0.15, -0.1) is 11.3 Å². The summed E-state index contributed by atoms with van der Waals surface area (Å²) in [7, 11) is 1.83. The van der Waals surface area contributed by atoms with Crippen LogP contribution in [0.2, 0.25) is 0 Å². The van der Waals surface area contributed by atoms with Crippen molar-refractivity contribution < 1.29 is 19.1 Å². The Bertz CT molecular complexity index is 1280. The Morgan fingerprint density at radius 3 is 2.76 bits per heavy atom. The number of rotatable bonds is 8. The second-order valence-corrected chi connectivity index (χ2v) is 11.1. The lowest BCUT2D eigenvalue weighted by Crippen LogP contribution is -2.31. The van der Waals surface area contributed by atoms with Crippen molar-refractivity contribution in [2.24, 2.45) is 18.0 Å². The number of aryl methyl sites for hydroxylation is 2. The van der Waals surface area contributed by atoms with Crippen molar-refractivity contribution in [3.8, 4) is 0 Å². The highest BCUT2D eigenvalue weighted by Crippen LogP contribution is 2.41. The molecule has 1 N–H and O–H groups in total. The van der Waals surface area contributed by atoms with Gasteiger partial charge in [-0.3, -0.25) is 19.2 Å². The fraction of sp³-hybridized carbons (Fsp3) is 0.500. The molecule has 0 saturated heterocycles. The Morgan fingerprint density at radius 1 is 1.32 bits per heavy atom. The normalized spacial score (nSPS) is 18.2. The monoisotopic (exact) mass is 543 g/mol. The summed E-state index contributed by atoms with van der Waals surface area (Å²) in [6, 6.07) is 0. The van der Waals surface area contributed by atoms with Gasteiger partial charge in [-0.2, -0.15) is 5.10 Å². The summed E-state index contributed by atoms with van der Waals surface area (Å²) in [5.41, 5.74) is 3.47. The summed E-state index contributed by atoms with van der Waals surface area (Å²) in [5, 5.41) is 8.29. The van der Waals surface area contributed by atoms with E-state index in [4.69, 9.17) is 4.74 Å². The lowest BCUT2D eigenvalue weighted by molar-refractivity contribution is -0.122. The second kappa shape index (κ2) is 11.6. The summed E-state index contributed by atoms with van der Waals surface area (Å²) in [5.74, 6) is -0.190. The van der Waals surface area contributed by atoms with Crippen LogP contribution >= 0.6 is 23.1 Å². The van der Waals surface area contributed by atoms with Crippen LogP contribution < -0.4 is 5.32 Å². The third kappa shape index (κ3) is 5.82. The van der Waals surface area contributed by atoms with E-state index in [2.05, 4.69) is 22.3 Å². The van der Waals surface area contributed by atoms with Crippen molar-refractivity contribution in [3.05, 3.63) is 39.2 Å². The Balaban J connectivity index is 1.49. The molecular formula is C26H33N5O4S2. The number of aromatic nitrogens is 2. The number of thioether (sulfide) groups is 1. The molecule has 4 rings (SSSR count). The Kier molecular flexibility index (Phi) is 8.53. The minimum Gasteiger partial charge on any atom is -0.462 e. The van der Waals surface area contributed by atoms with Gasteiger partial charge >= 0.3 is 5.97 Å². The second-order valence-electron chi connectivity index (χ2n) is 9.10. The number of ether oxygens (including phenoxy) is 1. The highest BCUT2D eigenvalue weighted by molar-refractivity contribution is 8.14. The van der Waals surface area contributed by atoms with E-state index in [1.165, 1.54) is 23.1 Å². The van der Waals surface area contributed by atoms with E-state index in [1.807, 2.05) is 27.1 Å². The molecule has 2 amide bonds. The first kappa shape index (κ1) is 27.1. The molecule has 9 nitrogen and oxygen atoms in total. The van der Waals surface area contributed by atoms with Crippen molar-refractivity contribution in [1.82, 2.24) is 14.7 Å². The van der Waals surface area contributed by atoms with Gasteiger partial charge in [-0.1, -0.05) is 25.1 Å². The van der Waals surface area contributed by atoms with Crippen molar-refractivity contribution in [3.63, 3.8) is 0 Å². The predicted octanol–water partition coefficient (Wildman–Crippen LogP) is 4.41. The first-order valence-electron chi connectivity index (χ1n) is 12.6. The first-order chi connectivity index (χ1) is 17.7. The molecule has 2 aromatic rings. The number of amides is 2. The molecular weight excluding hydrogens is 510 g/mol. The van der Waals surface area contributed by atoms with Crippen LogP contribution in [0.15, 0.2) is 16.9 Å². The lowest BCUT2D eigenvalue weighted by Gasteiger charge is -2.20. The number of hydrogen-bond donors (Lipinski definition) is 1. The zero-order valence-corrected chi connectivity index (χ0v) is 23.6. The molecule has 0 aromatic carbocycles. The van der Waals surface area contributed by atoms with Gasteiger partial charge in [-0.25, -0.2) is 9.79 Å². The van der Waals surface area contributed by atoms with Gasteiger partial charge in [0.2, 0.25) is 5.91 Å². The summed E-state index contributed by atoms with van der Waals surface area (Å²) in [6.07, 6.45) is 7.43. The maximum absolute atomic E-state index is 13.0. The molecule has 2 aromatic heterocycles. The van der Waals surface area contributed by atoms with Gasteiger partial charge in [-0.05, 0) is 57.6 Å². The van der Waals surface area contributed by atoms with E-state index in [0.29, 0.717) is 33.9 Å². The van der Waals surface area contributed by atoms with Crippen LogP contribution in [0, 0.1) is 12.8 Å². The number of esters is 1. The number of thiophene rings is 1. The van der Waals surface area contributed by atoms with E-state index < -0.39 is 0 Å². The van der Waals surface area contributed by atoms with Crippen LogP contribution in [0.3, 0.4) is 0 Å². The molecule has 37 heavy (non-hydrogen) atoms. The zero-order chi connectivity index (χ0) is 26.7. The number of amidine groups is 1. The molecule has 0 spiro atoms. The molecule has 1 aliphatic heterocycles. The average molecular weight is 544 g/mol. The van der Waals surface area contributed by atoms with Crippen molar-refractivity contribution in [2.45, 2.75) is 53.4 Å². The van der Waals surface area contributed by atoms with Crippen LogP contribution in [0.5, 0.6) is 0 Å². The smallest absolute Gasteiger partial charge is 0.341 e. The largest absolute Gasteiger partial charge is 0.462 e. The Morgan fingerprint density at radius 2 is 2.11 bits per heavy atom. The van der Waals surface area contributed by atoms with Gasteiger partial charge in [0.05, 0.1) is 23.6 Å². The number of carbonyl (C=O) groups excluding carboxylic acids is 3. The number of likely N-dealkylation sites (N-methyl/N-ethyl adjacent to an activating group) is 1. The highest BCUT2D eigenvalue weighted by atomic mass is 32.2. The number of anilines is 1. The standard InChI is InChI=1S/C26H33N5O4S2/c1-6-16-9-10-18-20(11-16)37-23(22(18)25(34)35-8-3)28-21(32)14-36-26-27-19(24(33)31(26)7-2)12-17-13-30(5)29-15(17)4/h12-13,16H,6-11,14H2,1-5H3,(H,28,32)/b19-12+/t16-/m1/s1. The molecule has 1 aliphatic carbocycles. The van der Waals surface area contributed by atoms with E-state index >= 15 is 0 Å². The molecule has 3 heterocycles. The number of fused-ring (bicyclic) bond motifs is 1. The Hall–Kier alpha value is -2.92. The van der Waals surface area contributed by atoms with Crippen LogP contribution in [0.25, 0.3) is 6.08 Å². The van der Waals surface area contributed by atoms with Crippen molar-refractivity contribution >= 4 is 57.1 Å². The van der Waals surface area contributed by atoms with Gasteiger partial charge < -0.3 is 10.1 Å². The van der Waals surface area contributed by atoms with Crippen LogP contribution in [0.1, 0.15) is 65.7 Å². The minimum atomic E-state index is -0.388. The molecule has 198 valence electrons. The first-order valence-corrected chi connectivity index (χ1v) is 14.4. The molecule has 11 heteroatoms. The van der Waals surface area contributed by atoms with E-state index in [1.54, 1.807) is 22.6 Å². The summed E-state index contributed by atoms with van der Waals surface area (Å²) < 4.78 is 7.01. The quantitative estimate of drug-likeness (QED) is 0.391. The van der Waals surface area contributed by atoms with Gasteiger partial charge in [0.25, 0.3) is 5.91 Å². The van der Waals surface area contributed by atoms with E-state index in [0.717, 1.165) is 47.4 Å². The summed E-state index contributed by atoms with van der Waals surface area (Å²) >= 11 is 2.68. The van der Waals surface area contributed by atoms with Crippen LogP contribution in [-0.2, 0) is 34.2 Å². The maximum Gasteiger partial charge on any atom is 0.341 e. The molecule has 0 unspecified atom stereocenters. The van der Waals surface area contributed by atoms with Crippen molar-refractivity contribution in [1.29, 1.82) is 0 Å². The minimum absolute atomic E-state index is 0.0598. The third-order valence-corrected chi connectivity index (χ3v) is 8.73. The van der Waals surface area contributed by atoms with E-state index in [-0.39, 0.29) is 30.1 Å². The SMILES string of the molecule is CCOC(=O)c1c(NC(=O)CSC2=N/C(=C/c3cn(C)nc3C)C(=O)N2CC)sc2c1CC[C@@H](CC)C2.